The molecular formula is C21H26N2O5. The van der Waals surface area contributed by atoms with Gasteiger partial charge in [0.25, 0.3) is 5.91 Å². The number of hydrogen-bond donors (Lipinski definition) is 1. The number of rotatable bonds is 10. The number of unbranched alkanes of at least 4 members (excludes halogenated alkanes) is 3. The molecule has 1 aromatic carbocycles. The first-order chi connectivity index (χ1) is 13.6. The summed E-state index contributed by atoms with van der Waals surface area (Å²) in [7, 11) is 2.65. The van der Waals surface area contributed by atoms with E-state index in [1.807, 2.05) is 12.1 Å². The zero-order valence-corrected chi connectivity index (χ0v) is 16.5. The number of esters is 1. The van der Waals surface area contributed by atoms with Crippen molar-refractivity contribution in [1.82, 2.24) is 4.98 Å². The highest BCUT2D eigenvalue weighted by Crippen LogP contribution is 2.20. The number of nitrogens with one attached hydrogen (secondary N) is 1. The van der Waals surface area contributed by atoms with Gasteiger partial charge in [0.1, 0.15) is 5.75 Å². The zero-order valence-electron chi connectivity index (χ0n) is 16.5. The Hall–Kier alpha value is -3.09. The van der Waals surface area contributed by atoms with Crippen molar-refractivity contribution in [1.29, 1.82) is 0 Å². The lowest BCUT2D eigenvalue weighted by atomic mass is 10.2. The maximum Gasteiger partial charge on any atom is 0.360 e. The molecule has 1 amide bonds. The summed E-state index contributed by atoms with van der Waals surface area (Å²) in [5.41, 5.74) is 0.905. The van der Waals surface area contributed by atoms with E-state index in [9.17, 15) is 9.59 Å². The molecule has 0 fully saturated rings. The van der Waals surface area contributed by atoms with Crippen LogP contribution in [-0.2, 0) is 4.74 Å². The van der Waals surface area contributed by atoms with Crippen molar-refractivity contribution >= 4 is 17.6 Å². The summed E-state index contributed by atoms with van der Waals surface area (Å²) < 4.78 is 15.5. The van der Waals surface area contributed by atoms with Crippen molar-refractivity contribution in [2.75, 3.05) is 26.1 Å². The predicted molar refractivity (Wildman–Crippen MR) is 106 cm³/mol. The number of carbonyl (C=O) groups is 2. The topological polar surface area (TPSA) is 86.8 Å². The van der Waals surface area contributed by atoms with Crippen LogP contribution in [0.5, 0.6) is 11.5 Å². The van der Waals surface area contributed by atoms with Crippen LogP contribution in [-0.4, -0.2) is 37.7 Å². The summed E-state index contributed by atoms with van der Waals surface area (Å²) in [5, 5.41) is 2.78. The van der Waals surface area contributed by atoms with Gasteiger partial charge >= 0.3 is 5.97 Å². The number of anilines is 1. The lowest BCUT2D eigenvalue weighted by Gasteiger charge is -2.10. The Morgan fingerprint density at radius 1 is 1.07 bits per heavy atom. The van der Waals surface area contributed by atoms with Gasteiger partial charge in [0.05, 0.1) is 26.4 Å². The van der Waals surface area contributed by atoms with E-state index in [1.165, 1.54) is 39.3 Å². The van der Waals surface area contributed by atoms with Crippen LogP contribution in [0.2, 0.25) is 0 Å². The minimum atomic E-state index is -0.630. The molecule has 150 valence electrons. The first kappa shape index (κ1) is 21.2. The van der Waals surface area contributed by atoms with Crippen LogP contribution in [0.15, 0.2) is 36.5 Å². The van der Waals surface area contributed by atoms with E-state index in [1.54, 1.807) is 12.1 Å². The molecule has 0 unspecified atom stereocenters. The second-order valence-electron chi connectivity index (χ2n) is 6.15. The average molecular weight is 386 g/mol. The molecule has 1 heterocycles. The number of hydrogen-bond acceptors (Lipinski definition) is 6. The maximum atomic E-state index is 12.4. The van der Waals surface area contributed by atoms with Crippen molar-refractivity contribution in [2.45, 2.75) is 32.6 Å². The Labute approximate surface area is 165 Å². The Bertz CT molecular complexity index is 790. The molecule has 1 N–H and O–H groups in total. The molecule has 0 aliphatic heterocycles. The monoisotopic (exact) mass is 386 g/mol. The van der Waals surface area contributed by atoms with Crippen LogP contribution < -0.4 is 14.8 Å². The van der Waals surface area contributed by atoms with Gasteiger partial charge in [0, 0.05) is 11.9 Å². The third-order valence-corrected chi connectivity index (χ3v) is 4.09. The number of methoxy groups -OCH3 is 2. The fourth-order valence-electron chi connectivity index (χ4n) is 2.53. The molecule has 0 aliphatic carbocycles. The first-order valence-corrected chi connectivity index (χ1v) is 9.25. The van der Waals surface area contributed by atoms with Gasteiger partial charge in [0.15, 0.2) is 11.4 Å². The molecule has 2 rings (SSSR count). The van der Waals surface area contributed by atoms with Crippen molar-refractivity contribution in [3.63, 3.8) is 0 Å². The second-order valence-corrected chi connectivity index (χ2v) is 6.15. The lowest BCUT2D eigenvalue weighted by molar-refractivity contribution is 0.0589. The smallest absolute Gasteiger partial charge is 0.360 e. The maximum absolute atomic E-state index is 12.4. The van der Waals surface area contributed by atoms with Gasteiger partial charge in [-0.2, -0.15) is 0 Å². The van der Waals surface area contributed by atoms with Crippen LogP contribution in [0.1, 0.15) is 53.5 Å². The summed E-state index contributed by atoms with van der Waals surface area (Å²) in [4.78, 5) is 28.1. The van der Waals surface area contributed by atoms with Gasteiger partial charge in [-0.3, -0.25) is 4.79 Å². The molecule has 0 radical (unpaired) electrons. The van der Waals surface area contributed by atoms with Crippen LogP contribution in [0.4, 0.5) is 5.69 Å². The molecule has 0 atom stereocenters. The third-order valence-electron chi connectivity index (χ3n) is 4.09. The number of pyridine rings is 1. The third kappa shape index (κ3) is 5.97. The van der Waals surface area contributed by atoms with Crippen molar-refractivity contribution in [2.24, 2.45) is 0 Å². The summed E-state index contributed by atoms with van der Waals surface area (Å²) in [6.45, 7) is 2.86. The molecular weight excluding hydrogens is 360 g/mol. The largest absolute Gasteiger partial charge is 0.494 e. The van der Waals surface area contributed by atoms with E-state index in [0.717, 1.165) is 18.6 Å². The zero-order chi connectivity index (χ0) is 20.4. The van der Waals surface area contributed by atoms with Crippen molar-refractivity contribution in [3.8, 4) is 11.5 Å². The highest BCUT2D eigenvalue weighted by atomic mass is 16.5. The SMILES string of the molecule is CCCCCCOc1ccc(NC(=O)c2cnc(C(=O)OC)c(OC)c2)cc1. The summed E-state index contributed by atoms with van der Waals surface area (Å²) in [6, 6.07) is 8.62. The predicted octanol–water partition coefficient (Wildman–Crippen LogP) is 4.09. The fourth-order valence-corrected chi connectivity index (χ4v) is 2.53. The molecule has 2 aromatic rings. The molecule has 0 saturated carbocycles. The highest BCUT2D eigenvalue weighted by molar-refractivity contribution is 6.05. The number of ether oxygens (including phenoxy) is 3. The molecule has 0 saturated heterocycles. The van der Waals surface area contributed by atoms with Crippen LogP contribution in [0.25, 0.3) is 0 Å². The van der Waals surface area contributed by atoms with E-state index < -0.39 is 5.97 Å². The molecule has 7 heteroatoms. The van der Waals surface area contributed by atoms with Gasteiger partial charge in [-0.15, -0.1) is 0 Å². The van der Waals surface area contributed by atoms with E-state index >= 15 is 0 Å². The molecule has 28 heavy (non-hydrogen) atoms. The van der Waals surface area contributed by atoms with Gasteiger partial charge in [-0.1, -0.05) is 26.2 Å². The van der Waals surface area contributed by atoms with E-state index in [-0.39, 0.29) is 22.9 Å². The van der Waals surface area contributed by atoms with E-state index in [4.69, 9.17) is 9.47 Å². The first-order valence-electron chi connectivity index (χ1n) is 9.25. The average Bonchev–Trinajstić information content (AvgIpc) is 2.73. The Kier molecular flexibility index (Phi) is 8.27. The number of carbonyl (C=O) groups excluding carboxylic acids is 2. The van der Waals surface area contributed by atoms with E-state index in [2.05, 4.69) is 22.0 Å². The van der Waals surface area contributed by atoms with Crippen molar-refractivity contribution in [3.05, 3.63) is 47.8 Å². The Morgan fingerprint density at radius 3 is 2.46 bits per heavy atom. The van der Waals surface area contributed by atoms with Gasteiger partial charge in [-0.05, 0) is 36.8 Å². The Balaban J connectivity index is 1.96. The van der Waals surface area contributed by atoms with Crippen molar-refractivity contribution < 1.29 is 23.8 Å². The minimum Gasteiger partial charge on any atom is -0.494 e. The molecule has 0 aliphatic rings. The van der Waals surface area contributed by atoms with Crippen LogP contribution >= 0.6 is 0 Å². The van der Waals surface area contributed by atoms with Gasteiger partial charge < -0.3 is 19.5 Å². The summed E-state index contributed by atoms with van der Waals surface area (Å²) in [5.74, 6) is -0.0591. The standard InChI is InChI=1S/C21H26N2O5/c1-4-5-6-7-12-28-17-10-8-16(9-11-17)23-20(24)15-13-18(26-2)19(22-14-15)21(25)27-3/h8-11,13-14H,4-7,12H2,1-3H3,(H,23,24). The molecule has 7 nitrogen and oxygen atoms in total. The number of amides is 1. The molecule has 0 spiro atoms. The second kappa shape index (κ2) is 10.9. The lowest BCUT2D eigenvalue weighted by Crippen LogP contribution is -2.14. The number of nitrogens with zero attached hydrogens (tertiary/aromatic N) is 1. The van der Waals surface area contributed by atoms with Crippen LogP contribution in [0, 0.1) is 0 Å². The number of benzene rings is 1. The van der Waals surface area contributed by atoms with Gasteiger partial charge in [-0.25, -0.2) is 9.78 Å². The van der Waals surface area contributed by atoms with Gasteiger partial charge in [0.2, 0.25) is 0 Å². The van der Waals surface area contributed by atoms with E-state index in [0.29, 0.717) is 12.3 Å². The minimum absolute atomic E-state index is 0.0157. The quantitative estimate of drug-likeness (QED) is 0.489. The fraction of sp³-hybridized carbons (Fsp3) is 0.381. The normalized spacial score (nSPS) is 10.2. The summed E-state index contributed by atoms with van der Waals surface area (Å²) >= 11 is 0. The Morgan fingerprint density at radius 2 is 1.82 bits per heavy atom. The number of aromatic nitrogens is 1. The molecule has 0 bridgehead atoms. The highest BCUT2D eigenvalue weighted by Gasteiger charge is 2.17. The summed E-state index contributed by atoms with van der Waals surface area (Å²) in [6.07, 6.45) is 5.91. The molecule has 1 aromatic heterocycles. The van der Waals surface area contributed by atoms with Crippen LogP contribution in [0.3, 0.4) is 0 Å².